The van der Waals surface area contributed by atoms with Gasteiger partial charge in [-0.25, -0.2) is 0 Å². The Morgan fingerprint density at radius 1 is 1.35 bits per heavy atom. The van der Waals surface area contributed by atoms with Crippen molar-refractivity contribution in [3.05, 3.63) is 36.1 Å². The van der Waals surface area contributed by atoms with Gasteiger partial charge in [0, 0.05) is 24.6 Å². The number of likely N-dealkylation sites (tertiary alicyclic amines) is 1. The third-order valence-corrected chi connectivity index (χ3v) is 4.06. The summed E-state index contributed by atoms with van der Waals surface area (Å²) < 4.78 is 5.46. The molecule has 0 bridgehead atoms. The number of nitrogens with zero attached hydrogens (tertiary/aromatic N) is 1. The van der Waals surface area contributed by atoms with Crippen LogP contribution in [0.1, 0.15) is 36.0 Å². The van der Waals surface area contributed by atoms with Gasteiger partial charge in [0.2, 0.25) is 0 Å². The lowest BCUT2D eigenvalue weighted by atomic mass is 9.98. The van der Waals surface area contributed by atoms with E-state index in [2.05, 4.69) is 0 Å². The highest BCUT2D eigenvalue weighted by Gasteiger charge is 2.28. The summed E-state index contributed by atoms with van der Waals surface area (Å²) in [6, 6.07) is 7.74. The molecular weight excluding hydrogens is 254 g/mol. The van der Waals surface area contributed by atoms with Crippen LogP contribution in [-0.2, 0) is 0 Å². The van der Waals surface area contributed by atoms with Crippen LogP contribution in [-0.4, -0.2) is 35.1 Å². The molecule has 1 unspecified atom stereocenters. The molecule has 0 saturated carbocycles. The minimum atomic E-state index is 0.0214. The molecule has 3 rings (SSSR count). The maximum atomic E-state index is 12.7. The third kappa shape index (κ3) is 2.31. The molecule has 2 aromatic rings. The van der Waals surface area contributed by atoms with Crippen LogP contribution in [0.3, 0.4) is 0 Å². The van der Waals surface area contributed by atoms with Crippen molar-refractivity contribution < 1.29 is 14.3 Å². The molecule has 2 heterocycles. The largest absolute Gasteiger partial charge is 0.463 e. The minimum absolute atomic E-state index is 0.0214. The Balaban J connectivity index is 1.90. The summed E-state index contributed by atoms with van der Waals surface area (Å²) in [6.45, 7) is 0.892. The van der Waals surface area contributed by atoms with Crippen LogP contribution in [0.25, 0.3) is 11.0 Å². The van der Waals surface area contributed by atoms with E-state index in [1.807, 2.05) is 29.2 Å². The number of aliphatic hydroxyl groups is 1. The second-order valence-electron chi connectivity index (χ2n) is 5.31. The van der Waals surface area contributed by atoms with E-state index >= 15 is 0 Å². The molecule has 1 saturated heterocycles. The molecule has 1 N–H and O–H groups in total. The van der Waals surface area contributed by atoms with Crippen LogP contribution in [0.2, 0.25) is 0 Å². The van der Waals surface area contributed by atoms with Crippen LogP contribution in [0, 0.1) is 0 Å². The van der Waals surface area contributed by atoms with Crippen LogP contribution in [0.15, 0.2) is 34.9 Å². The Morgan fingerprint density at radius 2 is 2.20 bits per heavy atom. The molecule has 1 aromatic heterocycles. The van der Waals surface area contributed by atoms with Gasteiger partial charge in [-0.2, -0.15) is 0 Å². The minimum Gasteiger partial charge on any atom is -0.463 e. The normalized spacial score (nSPS) is 19.4. The summed E-state index contributed by atoms with van der Waals surface area (Å²) in [5, 5.41) is 10.0. The van der Waals surface area contributed by atoms with Gasteiger partial charge in [-0.3, -0.25) is 4.79 Å². The Bertz CT molecular complexity index is 603. The van der Waals surface area contributed by atoms with Crippen molar-refractivity contribution in [3.8, 4) is 0 Å². The van der Waals surface area contributed by atoms with Crippen molar-refractivity contribution in [1.29, 1.82) is 0 Å². The first kappa shape index (κ1) is 13.2. The first-order valence-corrected chi connectivity index (χ1v) is 7.19. The Morgan fingerprint density at radius 3 is 3.05 bits per heavy atom. The van der Waals surface area contributed by atoms with Gasteiger partial charge in [-0.05, 0) is 31.7 Å². The summed E-state index contributed by atoms with van der Waals surface area (Å²) in [5.74, 6) is 0.0214. The van der Waals surface area contributed by atoms with Crippen LogP contribution < -0.4 is 0 Å². The molecule has 1 atom stereocenters. The van der Waals surface area contributed by atoms with Gasteiger partial charge >= 0.3 is 0 Å². The molecule has 1 aliphatic heterocycles. The number of rotatable bonds is 3. The van der Waals surface area contributed by atoms with Crippen molar-refractivity contribution in [3.63, 3.8) is 0 Å². The summed E-state index contributed by atoms with van der Waals surface area (Å²) in [7, 11) is 0. The second-order valence-corrected chi connectivity index (χ2v) is 5.31. The molecule has 1 aliphatic rings. The first-order chi connectivity index (χ1) is 9.81. The van der Waals surface area contributed by atoms with E-state index in [-0.39, 0.29) is 18.6 Å². The van der Waals surface area contributed by atoms with Gasteiger partial charge in [0.15, 0.2) is 0 Å². The van der Waals surface area contributed by atoms with E-state index in [0.717, 1.165) is 36.8 Å². The lowest BCUT2D eigenvalue weighted by Gasteiger charge is -2.35. The lowest BCUT2D eigenvalue weighted by molar-refractivity contribution is 0.0575. The summed E-state index contributed by atoms with van der Waals surface area (Å²) >= 11 is 0. The zero-order chi connectivity index (χ0) is 13.9. The molecular formula is C16H19NO3. The Labute approximate surface area is 118 Å². The van der Waals surface area contributed by atoms with E-state index in [1.54, 1.807) is 6.26 Å². The number of hydrogen-bond acceptors (Lipinski definition) is 3. The highest BCUT2D eigenvalue weighted by molar-refractivity contribution is 6.06. The molecule has 0 radical (unpaired) electrons. The number of fused-ring (bicyclic) bond motifs is 1. The molecule has 20 heavy (non-hydrogen) atoms. The second kappa shape index (κ2) is 5.67. The predicted octanol–water partition coefficient (Wildman–Crippen LogP) is 2.81. The van der Waals surface area contributed by atoms with Gasteiger partial charge in [0.05, 0.1) is 5.56 Å². The summed E-state index contributed by atoms with van der Waals surface area (Å²) in [5.41, 5.74) is 1.37. The van der Waals surface area contributed by atoms with Crippen molar-refractivity contribution in [2.75, 3.05) is 13.2 Å². The number of para-hydroxylation sites is 1. The fourth-order valence-corrected chi connectivity index (χ4v) is 3.02. The third-order valence-electron chi connectivity index (χ3n) is 4.06. The lowest BCUT2D eigenvalue weighted by Crippen LogP contribution is -2.44. The predicted molar refractivity (Wildman–Crippen MR) is 76.6 cm³/mol. The molecule has 1 fully saturated rings. The number of amides is 1. The molecule has 0 aliphatic carbocycles. The standard InChI is InChI=1S/C16H19NO3/c18-10-8-12-5-3-4-9-17(12)16(19)14-11-20-15-7-2-1-6-13(14)15/h1-2,6-7,11-12,18H,3-5,8-10H2. The molecule has 1 aromatic carbocycles. The molecule has 0 spiro atoms. The fourth-order valence-electron chi connectivity index (χ4n) is 3.02. The van der Waals surface area contributed by atoms with E-state index in [1.165, 1.54) is 0 Å². The Hall–Kier alpha value is -1.81. The number of furan rings is 1. The van der Waals surface area contributed by atoms with Crippen LogP contribution in [0.4, 0.5) is 0 Å². The number of carbonyl (C=O) groups is 1. The van der Waals surface area contributed by atoms with Gasteiger partial charge in [0.25, 0.3) is 5.91 Å². The van der Waals surface area contributed by atoms with Crippen molar-refractivity contribution in [2.45, 2.75) is 31.7 Å². The number of hydrogen-bond donors (Lipinski definition) is 1. The smallest absolute Gasteiger partial charge is 0.257 e. The quantitative estimate of drug-likeness (QED) is 0.935. The van der Waals surface area contributed by atoms with E-state index < -0.39 is 0 Å². The van der Waals surface area contributed by atoms with Crippen molar-refractivity contribution >= 4 is 16.9 Å². The maximum absolute atomic E-state index is 12.7. The molecule has 4 heteroatoms. The summed E-state index contributed by atoms with van der Waals surface area (Å²) in [6.07, 6.45) is 5.34. The van der Waals surface area contributed by atoms with Gasteiger partial charge in [-0.15, -0.1) is 0 Å². The highest BCUT2D eigenvalue weighted by atomic mass is 16.3. The van der Waals surface area contributed by atoms with E-state index in [4.69, 9.17) is 9.52 Å². The van der Waals surface area contributed by atoms with Crippen LogP contribution in [0.5, 0.6) is 0 Å². The Kier molecular flexibility index (Phi) is 3.74. The molecule has 106 valence electrons. The molecule has 1 amide bonds. The highest BCUT2D eigenvalue weighted by Crippen LogP contribution is 2.26. The van der Waals surface area contributed by atoms with Crippen molar-refractivity contribution in [2.24, 2.45) is 0 Å². The number of piperidine rings is 1. The van der Waals surface area contributed by atoms with Gasteiger partial charge in [0.1, 0.15) is 11.8 Å². The number of aliphatic hydroxyl groups excluding tert-OH is 1. The summed E-state index contributed by atoms with van der Waals surface area (Å²) in [4.78, 5) is 14.6. The first-order valence-electron chi connectivity index (χ1n) is 7.19. The van der Waals surface area contributed by atoms with Crippen molar-refractivity contribution in [1.82, 2.24) is 4.90 Å². The monoisotopic (exact) mass is 273 g/mol. The van der Waals surface area contributed by atoms with E-state index in [0.29, 0.717) is 12.0 Å². The number of carbonyl (C=O) groups excluding carboxylic acids is 1. The topological polar surface area (TPSA) is 53.7 Å². The van der Waals surface area contributed by atoms with Crippen LogP contribution >= 0.6 is 0 Å². The zero-order valence-corrected chi connectivity index (χ0v) is 11.4. The molecule has 4 nitrogen and oxygen atoms in total. The maximum Gasteiger partial charge on any atom is 0.257 e. The fraction of sp³-hybridized carbons (Fsp3) is 0.438. The average molecular weight is 273 g/mol. The average Bonchev–Trinajstić information content (AvgIpc) is 2.91. The number of benzene rings is 1. The van der Waals surface area contributed by atoms with Gasteiger partial charge < -0.3 is 14.4 Å². The van der Waals surface area contributed by atoms with Gasteiger partial charge in [-0.1, -0.05) is 18.2 Å². The zero-order valence-electron chi connectivity index (χ0n) is 11.4. The SMILES string of the molecule is O=C(c1coc2ccccc12)N1CCCCC1CCO. The van der Waals surface area contributed by atoms with E-state index in [9.17, 15) is 4.79 Å².